The lowest BCUT2D eigenvalue weighted by atomic mass is 10.1. The normalized spacial score (nSPS) is 20.4. The number of carbonyl (C=O) groups is 1. The molecule has 1 amide bonds. The predicted molar refractivity (Wildman–Crippen MR) is 74.1 cm³/mol. The third kappa shape index (κ3) is 3.30. The molecule has 1 atom stereocenters. The van der Waals surface area contributed by atoms with Gasteiger partial charge in [0, 0.05) is 31.7 Å². The number of nitrogens with one attached hydrogen (secondary N) is 1. The van der Waals surface area contributed by atoms with Gasteiger partial charge in [0.25, 0.3) is 0 Å². The second-order valence-corrected chi connectivity index (χ2v) is 5.03. The van der Waals surface area contributed by atoms with Crippen LogP contribution in [-0.4, -0.2) is 55.2 Å². The molecule has 0 saturated carbocycles. The minimum absolute atomic E-state index is 0.129. The number of benzene rings is 1. The fourth-order valence-corrected chi connectivity index (χ4v) is 2.48. The number of rotatable bonds is 4. The number of carboxylic acid groups (broad SMARTS) is 1. The Morgan fingerprint density at radius 1 is 1.43 bits per heavy atom. The topological polar surface area (TPSA) is 80.3 Å². The molecule has 0 aromatic heterocycles. The summed E-state index contributed by atoms with van der Waals surface area (Å²) in [6, 6.07) is 5.60. The Labute approximate surface area is 122 Å². The number of ether oxygens (including phenoxy) is 3. The van der Waals surface area contributed by atoms with E-state index in [0.29, 0.717) is 32.0 Å². The summed E-state index contributed by atoms with van der Waals surface area (Å²) in [5.74, 6) is 2.15. The SMILES string of the molecule is O=C(O)N1CCN[C@H](CCOc2ccc3c(c2)OCO3)C1. The quantitative estimate of drug-likeness (QED) is 0.866. The standard InChI is InChI=1S/C14H18N2O5/c17-14(18)16-5-4-15-10(8-16)3-6-19-11-1-2-12-13(7-11)21-9-20-12/h1-2,7,10,15H,3-6,8-9H2,(H,17,18)/t10-/m1/s1. The average molecular weight is 294 g/mol. The van der Waals surface area contributed by atoms with Crippen LogP contribution in [0.2, 0.25) is 0 Å². The summed E-state index contributed by atoms with van der Waals surface area (Å²) in [6.07, 6.45) is -0.115. The Morgan fingerprint density at radius 3 is 3.14 bits per heavy atom. The third-order valence-electron chi connectivity index (χ3n) is 3.61. The van der Waals surface area contributed by atoms with E-state index in [1.807, 2.05) is 12.1 Å². The van der Waals surface area contributed by atoms with E-state index in [2.05, 4.69) is 5.32 Å². The lowest BCUT2D eigenvalue weighted by Crippen LogP contribution is -2.52. The maximum absolute atomic E-state index is 10.9. The van der Waals surface area contributed by atoms with Crippen LogP contribution in [0.1, 0.15) is 6.42 Å². The molecule has 7 heteroatoms. The molecule has 21 heavy (non-hydrogen) atoms. The van der Waals surface area contributed by atoms with E-state index in [4.69, 9.17) is 19.3 Å². The first-order valence-corrected chi connectivity index (χ1v) is 6.96. The highest BCUT2D eigenvalue weighted by Crippen LogP contribution is 2.35. The van der Waals surface area contributed by atoms with Crippen LogP contribution in [0.3, 0.4) is 0 Å². The number of hydrogen-bond acceptors (Lipinski definition) is 5. The summed E-state index contributed by atoms with van der Waals surface area (Å²) >= 11 is 0. The van der Waals surface area contributed by atoms with Crippen molar-refractivity contribution in [2.75, 3.05) is 33.0 Å². The van der Waals surface area contributed by atoms with E-state index >= 15 is 0 Å². The fraction of sp³-hybridized carbons (Fsp3) is 0.500. The molecule has 0 radical (unpaired) electrons. The van der Waals surface area contributed by atoms with Gasteiger partial charge in [-0.25, -0.2) is 4.79 Å². The number of fused-ring (bicyclic) bond motifs is 1. The van der Waals surface area contributed by atoms with E-state index in [-0.39, 0.29) is 12.8 Å². The number of amides is 1. The van der Waals surface area contributed by atoms with Crippen molar-refractivity contribution in [1.29, 1.82) is 0 Å². The highest BCUT2D eigenvalue weighted by atomic mass is 16.7. The van der Waals surface area contributed by atoms with E-state index < -0.39 is 6.09 Å². The van der Waals surface area contributed by atoms with Crippen LogP contribution >= 0.6 is 0 Å². The fourth-order valence-electron chi connectivity index (χ4n) is 2.48. The van der Waals surface area contributed by atoms with Crippen molar-refractivity contribution < 1.29 is 24.1 Å². The average Bonchev–Trinajstić information content (AvgIpc) is 2.95. The molecule has 7 nitrogen and oxygen atoms in total. The van der Waals surface area contributed by atoms with E-state index in [1.165, 1.54) is 4.90 Å². The van der Waals surface area contributed by atoms with Crippen LogP contribution < -0.4 is 19.5 Å². The van der Waals surface area contributed by atoms with Gasteiger partial charge in [-0.2, -0.15) is 0 Å². The van der Waals surface area contributed by atoms with Crippen LogP contribution in [0.15, 0.2) is 18.2 Å². The van der Waals surface area contributed by atoms with Crippen molar-refractivity contribution in [2.24, 2.45) is 0 Å². The van der Waals surface area contributed by atoms with Crippen LogP contribution in [-0.2, 0) is 0 Å². The summed E-state index contributed by atoms with van der Waals surface area (Å²) < 4.78 is 16.2. The molecule has 0 aliphatic carbocycles. The van der Waals surface area contributed by atoms with Crippen molar-refractivity contribution in [3.05, 3.63) is 18.2 Å². The summed E-state index contributed by atoms with van der Waals surface area (Å²) in [6.45, 7) is 2.48. The monoisotopic (exact) mass is 294 g/mol. The summed E-state index contributed by atoms with van der Waals surface area (Å²) in [5, 5.41) is 12.3. The van der Waals surface area contributed by atoms with Crippen molar-refractivity contribution in [3.63, 3.8) is 0 Å². The lowest BCUT2D eigenvalue weighted by molar-refractivity contribution is 0.124. The molecule has 2 heterocycles. The number of nitrogens with zero attached hydrogens (tertiary/aromatic N) is 1. The summed E-state index contributed by atoms with van der Waals surface area (Å²) in [7, 11) is 0. The van der Waals surface area contributed by atoms with Crippen LogP contribution in [0.4, 0.5) is 4.79 Å². The lowest BCUT2D eigenvalue weighted by Gasteiger charge is -2.31. The van der Waals surface area contributed by atoms with Gasteiger partial charge in [-0.3, -0.25) is 0 Å². The summed E-state index contributed by atoms with van der Waals surface area (Å²) in [4.78, 5) is 12.4. The first-order chi connectivity index (χ1) is 10.2. The Morgan fingerprint density at radius 2 is 2.29 bits per heavy atom. The Hall–Kier alpha value is -2.15. The number of hydrogen-bond donors (Lipinski definition) is 2. The second kappa shape index (κ2) is 6.09. The maximum Gasteiger partial charge on any atom is 0.407 e. The molecule has 0 spiro atoms. The largest absolute Gasteiger partial charge is 0.493 e. The van der Waals surface area contributed by atoms with Crippen molar-refractivity contribution in [2.45, 2.75) is 12.5 Å². The van der Waals surface area contributed by atoms with Crippen LogP contribution in [0, 0.1) is 0 Å². The molecule has 3 rings (SSSR count). The second-order valence-electron chi connectivity index (χ2n) is 5.03. The van der Waals surface area contributed by atoms with Gasteiger partial charge >= 0.3 is 6.09 Å². The van der Waals surface area contributed by atoms with Crippen molar-refractivity contribution in [3.8, 4) is 17.2 Å². The molecule has 1 aromatic rings. The molecule has 114 valence electrons. The van der Waals surface area contributed by atoms with E-state index in [9.17, 15) is 4.79 Å². The van der Waals surface area contributed by atoms with Gasteiger partial charge in [-0.1, -0.05) is 0 Å². The zero-order valence-corrected chi connectivity index (χ0v) is 11.6. The Bertz CT molecular complexity index is 522. The minimum Gasteiger partial charge on any atom is -0.493 e. The predicted octanol–water partition coefficient (Wildman–Crippen LogP) is 1.14. The van der Waals surface area contributed by atoms with Gasteiger partial charge in [0.15, 0.2) is 11.5 Å². The van der Waals surface area contributed by atoms with Gasteiger partial charge in [0.05, 0.1) is 6.61 Å². The van der Waals surface area contributed by atoms with Gasteiger partial charge < -0.3 is 29.5 Å². The van der Waals surface area contributed by atoms with E-state index in [1.54, 1.807) is 6.07 Å². The smallest absolute Gasteiger partial charge is 0.407 e. The maximum atomic E-state index is 10.9. The van der Waals surface area contributed by atoms with Gasteiger partial charge in [-0.05, 0) is 18.6 Å². The minimum atomic E-state index is -0.863. The highest BCUT2D eigenvalue weighted by molar-refractivity contribution is 5.65. The molecule has 2 aliphatic rings. The Kier molecular flexibility index (Phi) is 4.01. The van der Waals surface area contributed by atoms with Gasteiger partial charge in [0.1, 0.15) is 5.75 Å². The molecular weight excluding hydrogens is 276 g/mol. The number of piperazine rings is 1. The Balaban J connectivity index is 1.46. The van der Waals surface area contributed by atoms with E-state index in [0.717, 1.165) is 17.9 Å². The summed E-state index contributed by atoms with van der Waals surface area (Å²) in [5.41, 5.74) is 0. The third-order valence-corrected chi connectivity index (χ3v) is 3.61. The zero-order chi connectivity index (χ0) is 14.7. The molecule has 1 aromatic carbocycles. The first-order valence-electron chi connectivity index (χ1n) is 6.96. The molecule has 1 saturated heterocycles. The molecule has 2 N–H and O–H groups in total. The van der Waals surface area contributed by atoms with Gasteiger partial charge in [-0.15, -0.1) is 0 Å². The van der Waals surface area contributed by atoms with Crippen LogP contribution in [0.25, 0.3) is 0 Å². The molecular formula is C14H18N2O5. The van der Waals surface area contributed by atoms with Crippen molar-refractivity contribution in [1.82, 2.24) is 10.2 Å². The molecule has 0 unspecified atom stereocenters. The molecule has 0 bridgehead atoms. The van der Waals surface area contributed by atoms with Gasteiger partial charge in [0.2, 0.25) is 6.79 Å². The molecule has 1 fully saturated rings. The highest BCUT2D eigenvalue weighted by Gasteiger charge is 2.22. The first kappa shape index (κ1) is 13.8. The van der Waals surface area contributed by atoms with Crippen LogP contribution in [0.5, 0.6) is 17.2 Å². The van der Waals surface area contributed by atoms with Crippen molar-refractivity contribution >= 4 is 6.09 Å². The zero-order valence-electron chi connectivity index (χ0n) is 11.6. The molecule has 2 aliphatic heterocycles.